The molecular weight excluding hydrogens is 317 g/mol. The van der Waals surface area contributed by atoms with Crippen LogP contribution < -0.4 is 10.6 Å². The fourth-order valence-electron chi connectivity index (χ4n) is 3.68. The van der Waals surface area contributed by atoms with Crippen molar-refractivity contribution in [3.8, 4) is 6.07 Å². The first-order valence-electron chi connectivity index (χ1n) is 8.41. The van der Waals surface area contributed by atoms with Gasteiger partial charge in [0, 0.05) is 6.04 Å². The van der Waals surface area contributed by atoms with Crippen LogP contribution in [0, 0.1) is 17.1 Å². The molecule has 1 aliphatic rings. The summed E-state index contributed by atoms with van der Waals surface area (Å²) >= 11 is 0. The fourth-order valence-corrected chi connectivity index (χ4v) is 3.68. The Morgan fingerprint density at radius 1 is 1.24 bits per heavy atom. The van der Waals surface area contributed by atoms with Gasteiger partial charge in [0.25, 0.3) is 0 Å². The molecule has 0 spiro atoms. The Labute approximate surface area is 147 Å². The second-order valence-corrected chi connectivity index (χ2v) is 6.25. The lowest BCUT2D eigenvalue weighted by molar-refractivity contribution is -0.0339. The molecule has 0 fully saturated rings. The molecule has 2 atom stereocenters. The summed E-state index contributed by atoms with van der Waals surface area (Å²) in [5.74, 6) is -0.270. The number of nitrogens with one attached hydrogen (secondary N) is 2. The number of benzene rings is 2. The number of halogens is 1. The molecule has 2 aromatic rings. The molecule has 0 bridgehead atoms. The summed E-state index contributed by atoms with van der Waals surface area (Å²) in [4.78, 5) is 0. The van der Waals surface area contributed by atoms with Crippen molar-refractivity contribution in [3.63, 3.8) is 0 Å². The predicted octanol–water partition coefficient (Wildman–Crippen LogP) is 2.67. The third kappa shape index (κ3) is 3.05. The standard InChI is InChI=1S/C20H22FN3O/c1-23-10-9-19(24-2)20(16-4-6-17(21)7-5-16)18-8-3-14(12-22)11-15(18)13-25-20/h3-8,11,19,23-24H,9-10,13H2,1-2H3. The average Bonchev–Trinajstić information content (AvgIpc) is 3.02. The summed E-state index contributed by atoms with van der Waals surface area (Å²) in [6.45, 7) is 1.25. The lowest BCUT2D eigenvalue weighted by Gasteiger charge is -2.38. The van der Waals surface area contributed by atoms with Crippen molar-refractivity contribution in [2.75, 3.05) is 20.6 Å². The van der Waals surface area contributed by atoms with E-state index < -0.39 is 5.60 Å². The van der Waals surface area contributed by atoms with Gasteiger partial charge in [0.05, 0.1) is 18.2 Å². The molecule has 0 saturated heterocycles. The van der Waals surface area contributed by atoms with Crippen LogP contribution >= 0.6 is 0 Å². The maximum Gasteiger partial charge on any atom is 0.134 e. The highest BCUT2D eigenvalue weighted by Crippen LogP contribution is 2.45. The third-order valence-electron chi connectivity index (χ3n) is 4.89. The van der Waals surface area contributed by atoms with Crippen LogP contribution in [-0.2, 0) is 16.9 Å². The minimum atomic E-state index is -0.706. The largest absolute Gasteiger partial charge is 0.359 e. The van der Waals surface area contributed by atoms with Crippen molar-refractivity contribution in [2.45, 2.75) is 24.7 Å². The summed E-state index contributed by atoms with van der Waals surface area (Å²) in [6.07, 6.45) is 0.837. The van der Waals surface area contributed by atoms with E-state index in [-0.39, 0.29) is 11.9 Å². The lowest BCUT2D eigenvalue weighted by Crippen LogP contribution is -2.49. The number of fused-ring (bicyclic) bond motifs is 1. The van der Waals surface area contributed by atoms with Crippen molar-refractivity contribution >= 4 is 0 Å². The first-order chi connectivity index (χ1) is 12.2. The van der Waals surface area contributed by atoms with E-state index in [0.29, 0.717) is 12.2 Å². The number of hydrogen-bond acceptors (Lipinski definition) is 4. The first-order valence-corrected chi connectivity index (χ1v) is 8.41. The van der Waals surface area contributed by atoms with Crippen LogP contribution in [0.2, 0.25) is 0 Å². The highest BCUT2D eigenvalue weighted by atomic mass is 19.1. The Kier molecular flexibility index (Phi) is 5.14. The summed E-state index contributed by atoms with van der Waals surface area (Å²) in [7, 11) is 3.83. The molecule has 25 heavy (non-hydrogen) atoms. The quantitative estimate of drug-likeness (QED) is 0.850. The van der Waals surface area contributed by atoms with Gasteiger partial charge in [-0.3, -0.25) is 0 Å². The van der Waals surface area contributed by atoms with Crippen molar-refractivity contribution < 1.29 is 9.13 Å². The molecular formula is C20H22FN3O. The maximum atomic E-state index is 13.5. The highest BCUT2D eigenvalue weighted by Gasteiger charge is 2.47. The maximum absolute atomic E-state index is 13.5. The molecule has 5 heteroatoms. The molecule has 3 rings (SSSR count). The number of likely N-dealkylation sites (N-methyl/N-ethyl adjacent to an activating group) is 1. The van der Waals surface area contributed by atoms with Crippen LogP contribution in [0.5, 0.6) is 0 Å². The predicted molar refractivity (Wildman–Crippen MR) is 94.5 cm³/mol. The zero-order chi connectivity index (χ0) is 17.9. The van der Waals surface area contributed by atoms with Gasteiger partial charge in [-0.2, -0.15) is 5.26 Å². The van der Waals surface area contributed by atoms with Crippen molar-refractivity contribution in [1.29, 1.82) is 5.26 Å². The Hall–Kier alpha value is -2.26. The van der Waals surface area contributed by atoms with Gasteiger partial charge in [-0.15, -0.1) is 0 Å². The summed E-state index contributed by atoms with van der Waals surface area (Å²) in [5, 5.41) is 15.7. The van der Waals surface area contributed by atoms with E-state index in [4.69, 9.17) is 10.00 Å². The van der Waals surface area contributed by atoms with Crippen LogP contribution in [0.1, 0.15) is 28.7 Å². The topological polar surface area (TPSA) is 57.1 Å². The number of ether oxygens (including phenoxy) is 1. The Morgan fingerprint density at radius 2 is 2.00 bits per heavy atom. The minimum absolute atomic E-state index is 0.000373. The zero-order valence-corrected chi connectivity index (χ0v) is 14.5. The van der Waals surface area contributed by atoms with Gasteiger partial charge >= 0.3 is 0 Å². The van der Waals surface area contributed by atoms with E-state index in [1.165, 1.54) is 12.1 Å². The van der Waals surface area contributed by atoms with E-state index in [1.54, 1.807) is 12.1 Å². The number of nitrogens with zero attached hydrogens (tertiary/aromatic N) is 1. The van der Waals surface area contributed by atoms with Crippen LogP contribution in [0.4, 0.5) is 4.39 Å². The molecule has 1 aliphatic heterocycles. The van der Waals surface area contributed by atoms with Crippen molar-refractivity contribution in [2.24, 2.45) is 0 Å². The van der Waals surface area contributed by atoms with E-state index in [1.807, 2.05) is 32.3 Å². The Morgan fingerprint density at radius 3 is 2.64 bits per heavy atom. The van der Waals surface area contributed by atoms with E-state index in [0.717, 1.165) is 29.7 Å². The van der Waals surface area contributed by atoms with Crippen LogP contribution in [0.15, 0.2) is 42.5 Å². The highest BCUT2D eigenvalue weighted by molar-refractivity contribution is 5.49. The molecule has 4 nitrogen and oxygen atoms in total. The molecule has 2 aromatic carbocycles. The monoisotopic (exact) mass is 339 g/mol. The SMILES string of the molecule is CNCCC(NC)C1(c2ccc(F)cc2)OCc2cc(C#N)ccc21. The molecule has 0 amide bonds. The van der Waals surface area contributed by atoms with Crippen LogP contribution in [0.3, 0.4) is 0 Å². The number of hydrogen-bond donors (Lipinski definition) is 2. The molecule has 0 saturated carbocycles. The average molecular weight is 339 g/mol. The number of nitriles is 1. The Bertz CT molecular complexity index is 785. The van der Waals surface area contributed by atoms with Crippen LogP contribution in [-0.4, -0.2) is 26.7 Å². The van der Waals surface area contributed by atoms with Gasteiger partial charge in [-0.25, -0.2) is 4.39 Å². The second-order valence-electron chi connectivity index (χ2n) is 6.25. The third-order valence-corrected chi connectivity index (χ3v) is 4.89. The smallest absolute Gasteiger partial charge is 0.134 e. The first kappa shape index (κ1) is 17.6. The lowest BCUT2D eigenvalue weighted by atomic mass is 9.78. The summed E-state index contributed by atoms with van der Waals surface area (Å²) in [5.41, 5.74) is 2.87. The van der Waals surface area contributed by atoms with Gasteiger partial charge < -0.3 is 15.4 Å². The second kappa shape index (κ2) is 7.32. The molecule has 2 unspecified atom stereocenters. The van der Waals surface area contributed by atoms with Gasteiger partial charge in [0.15, 0.2) is 0 Å². The molecule has 2 N–H and O–H groups in total. The minimum Gasteiger partial charge on any atom is -0.359 e. The van der Waals surface area contributed by atoms with Gasteiger partial charge in [-0.05, 0) is 68.0 Å². The van der Waals surface area contributed by atoms with Crippen LogP contribution in [0.25, 0.3) is 0 Å². The Balaban J connectivity index is 2.15. The molecule has 0 radical (unpaired) electrons. The molecule has 130 valence electrons. The molecule has 1 heterocycles. The zero-order valence-electron chi connectivity index (χ0n) is 14.5. The normalized spacial score (nSPS) is 20.1. The van der Waals surface area contributed by atoms with E-state index >= 15 is 0 Å². The van der Waals surface area contributed by atoms with Gasteiger partial charge in [0.1, 0.15) is 11.4 Å². The molecule has 0 aliphatic carbocycles. The number of rotatable bonds is 6. The molecule has 0 aromatic heterocycles. The summed E-state index contributed by atoms with van der Waals surface area (Å²) in [6, 6.07) is 14.3. The van der Waals surface area contributed by atoms with E-state index in [2.05, 4.69) is 16.7 Å². The van der Waals surface area contributed by atoms with E-state index in [9.17, 15) is 4.39 Å². The fraction of sp³-hybridized carbons (Fsp3) is 0.350. The van der Waals surface area contributed by atoms with Gasteiger partial charge in [-0.1, -0.05) is 18.2 Å². The van der Waals surface area contributed by atoms with Gasteiger partial charge in [0.2, 0.25) is 0 Å². The van der Waals surface area contributed by atoms with Crippen molar-refractivity contribution in [1.82, 2.24) is 10.6 Å². The summed E-state index contributed by atoms with van der Waals surface area (Å²) < 4.78 is 19.8. The van der Waals surface area contributed by atoms with Crippen molar-refractivity contribution in [3.05, 3.63) is 70.5 Å².